The number of esters is 1. The van der Waals surface area contributed by atoms with E-state index in [1.807, 2.05) is 0 Å². The van der Waals surface area contributed by atoms with Crippen molar-refractivity contribution in [1.29, 1.82) is 0 Å². The Hall–Kier alpha value is -2.31. The molecular weight excluding hydrogens is 274 g/mol. The van der Waals surface area contributed by atoms with Gasteiger partial charge in [-0.3, -0.25) is 9.59 Å². The predicted molar refractivity (Wildman–Crippen MR) is 63.4 cm³/mol. The summed E-state index contributed by atoms with van der Waals surface area (Å²) in [6.45, 7) is 2.50. The van der Waals surface area contributed by atoms with Crippen LogP contribution < -0.4 is 0 Å². The van der Waals surface area contributed by atoms with Crippen molar-refractivity contribution in [2.24, 2.45) is 0 Å². The average Bonchev–Trinajstić information content (AvgIpc) is 2.33. The van der Waals surface area contributed by atoms with Gasteiger partial charge in [-0.15, -0.1) is 0 Å². The number of hydrogen-bond donors (Lipinski definition) is 1. The molecule has 20 heavy (non-hydrogen) atoms. The molecule has 0 saturated carbocycles. The maximum absolute atomic E-state index is 13.3. The van der Waals surface area contributed by atoms with Gasteiger partial charge in [0.2, 0.25) is 0 Å². The van der Waals surface area contributed by atoms with E-state index in [4.69, 9.17) is 5.11 Å². The fourth-order valence-corrected chi connectivity index (χ4v) is 1.72. The van der Waals surface area contributed by atoms with Gasteiger partial charge in [0, 0.05) is 0 Å². The van der Waals surface area contributed by atoms with Crippen molar-refractivity contribution in [3.05, 3.63) is 34.9 Å². The maximum atomic E-state index is 13.3. The summed E-state index contributed by atoms with van der Waals surface area (Å²) in [7, 11) is 0. The second-order valence-corrected chi connectivity index (χ2v) is 3.95. The molecular formula is C13H12F2O5. The summed E-state index contributed by atoms with van der Waals surface area (Å²) in [5, 5.41) is 8.97. The molecule has 0 amide bonds. The van der Waals surface area contributed by atoms with Gasteiger partial charge in [0.25, 0.3) is 0 Å². The third kappa shape index (κ3) is 3.17. The number of benzene rings is 1. The van der Waals surface area contributed by atoms with Crippen LogP contribution in [0.1, 0.15) is 35.7 Å². The number of carboxylic acid groups (broad SMARTS) is 1. The molecule has 1 rings (SSSR count). The fraction of sp³-hybridized carbons (Fsp3) is 0.308. The Bertz CT molecular complexity index is 568. The molecule has 1 aromatic rings. The average molecular weight is 286 g/mol. The predicted octanol–water partition coefficient (Wildman–Crippen LogP) is 1.90. The largest absolute Gasteiger partial charge is 0.478 e. The van der Waals surface area contributed by atoms with E-state index in [0.29, 0.717) is 12.1 Å². The maximum Gasteiger partial charge on any atom is 0.336 e. The molecule has 0 aliphatic carbocycles. The summed E-state index contributed by atoms with van der Waals surface area (Å²) in [6.07, 6.45) is 0. The zero-order valence-electron chi connectivity index (χ0n) is 10.8. The molecule has 0 radical (unpaired) electrons. The molecule has 0 spiro atoms. The Morgan fingerprint density at radius 2 is 1.80 bits per heavy atom. The van der Waals surface area contributed by atoms with Crippen molar-refractivity contribution >= 4 is 17.7 Å². The molecule has 0 aromatic heterocycles. The van der Waals surface area contributed by atoms with E-state index in [9.17, 15) is 23.2 Å². The second kappa shape index (κ2) is 6.23. The molecule has 0 saturated heterocycles. The number of Topliss-reactive ketones (excluding diaryl/α,β-unsaturated/α-hetero) is 1. The lowest BCUT2D eigenvalue weighted by Crippen LogP contribution is -2.25. The lowest BCUT2D eigenvalue weighted by Gasteiger charge is -2.15. The number of carbonyl (C=O) groups excluding carboxylic acids is 2. The van der Waals surface area contributed by atoms with Crippen molar-refractivity contribution in [2.75, 3.05) is 6.61 Å². The van der Waals surface area contributed by atoms with E-state index in [2.05, 4.69) is 4.74 Å². The van der Waals surface area contributed by atoms with Gasteiger partial charge in [-0.25, -0.2) is 13.6 Å². The topological polar surface area (TPSA) is 80.7 Å². The number of rotatable bonds is 5. The van der Waals surface area contributed by atoms with Crippen molar-refractivity contribution in [1.82, 2.24) is 0 Å². The SMILES string of the molecule is CCOC(=O)C(C(C)=O)c1cc(F)c(F)cc1C(=O)O. The number of hydrogen-bond acceptors (Lipinski definition) is 4. The highest BCUT2D eigenvalue weighted by Crippen LogP contribution is 2.25. The second-order valence-electron chi connectivity index (χ2n) is 3.95. The van der Waals surface area contributed by atoms with E-state index in [0.717, 1.165) is 6.92 Å². The minimum absolute atomic E-state index is 0.0330. The van der Waals surface area contributed by atoms with Crippen LogP contribution in [-0.2, 0) is 14.3 Å². The minimum Gasteiger partial charge on any atom is -0.478 e. The lowest BCUT2D eigenvalue weighted by atomic mass is 9.91. The number of carboxylic acids is 1. The van der Waals surface area contributed by atoms with Crippen molar-refractivity contribution in [2.45, 2.75) is 19.8 Å². The van der Waals surface area contributed by atoms with Crippen LogP contribution in [0.3, 0.4) is 0 Å². The Kier molecular flexibility index (Phi) is 4.90. The standard InChI is InChI=1S/C13H12F2O5/c1-3-20-13(19)11(6(2)16)7-4-9(14)10(15)5-8(7)12(17)18/h4-5,11H,3H2,1-2H3,(H,17,18). The lowest BCUT2D eigenvalue weighted by molar-refractivity contribution is -0.147. The monoisotopic (exact) mass is 286 g/mol. The number of ketones is 1. The molecule has 1 unspecified atom stereocenters. The van der Waals surface area contributed by atoms with Crippen molar-refractivity contribution < 1.29 is 33.0 Å². The quantitative estimate of drug-likeness (QED) is 0.660. The Balaban J connectivity index is 3.47. The van der Waals surface area contributed by atoms with E-state index in [1.165, 1.54) is 6.92 Å². The first kappa shape index (κ1) is 15.7. The van der Waals surface area contributed by atoms with Crippen LogP contribution in [0.4, 0.5) is 8.78 Å². The van der Waals surface area contributed by atoms with Crippen LogP contribution in [0.2, 0.25) is 0 Å². The Labute approximate surface area is 113 Å². The van der Waals surface area contributed by atoms with Crippen molar-refractivity contribution in [3.8, 4) is 0 Å². The summed E-state index contributed by atoms with van der Waals surface area (Å²) in [4.78, 5) is 34.3. The van der Waals surface area contributed by atoms with E-state index in [1.54, 1.807) is 0 Å². The fourth-order valence-electron chi connectivity index (χ4n) is 1.72. The first-order valence-electron chi connectivity index (χ1n) is 5.68. The molecule has 1 aromatic carbocycles. The normalized spacial score (nSPS) is 11.8. The van der Waals surface area contributed by atoms with Gasteiger partial charge < -0.3 is 9.84 Å². The molecule has 0 heterocycles. The van der Waals surface area contributed by atoms with Crippen LogP contribution >= 0.6 is 0 Å². The van der Waals surface area contributed by atoms with Crippen LogP contribution in [-0.4, -0.2) is 29.4 Å². The highest BCUT2D eigenvalue weighted by molar-refractivity contribution is 6.06. The molecule has 0 fully saturated rings. The van der Waals surface area contributed by atoms with Gasteiger partial charge in [-0.05, 0) is 31.5 Å². The number of ether oxygens (including phenoxy) is 1. The molecule has 0 aliphatic rings. The summed E-state index contributed by atoms with van der Waals surface area (Å²) >= 11 is 0. The Morgan fingerprint density at radius 1 is 1.25 bits per heavy atom. The molecule has 0 aliphatic heterocycles. The van der Waals surface area contributed by atoms with E-state index >= 15 is 0 Å². The van der Waals surface area contributed by atoms with Gasteiger partial charge in [0.1, 0.15) is 11.7 Å². The first-order valence-corrected chi connectivity index (χ1v) is 5.68. The van der Waals surface area contributed by atoms with Gasteiger partial charge in [-0.1, -0.05) is 0 Å². The molecule has 1 atom stereocenters. The number of halogens is 2. The van der Waals surface area contributed by atoms with Crippen molar-refractivity contribution in [3.63, 3.8) is 0 Å². The van der Waals surface area contributed by atoms with Crippen LogP contribution in [0.25, 0.3) is 0 Å². The number of aromatic carboxylic acids is 1. The van der Waals surface area contributed by atoms with E-state index in [-0.39, 0.29) is 6.61 Å². The van der Waals surface area contributed by atoms with Gasteiger partial charge in [0.15, 0.2) is 11.6 Å². The smallest absolute Gasteiger partial charge is 0.336 e. The third-order valence-corrected chi connectivity index (χ3v) is 2.56. The molecule has 0 bridgehead atoms. The summed E-state index contributed by atoms with van der Waals surface area (Å²) < 4.78 is 31.0. The number of carbonyl (C=O) groups is 3. The summed E-state index contributed by atoms with van der Waals surface area (Å²) in [5.41, 5.74) is -1.08. The molecule has 7 heteroatoms. The van der Waals surface area contributed by atoms with E-state index < -0.39 is 46.4 Å². The van der Waals surface area contributed by atoms with Gasteiger partial charge in [-0.2, -0.15) is 0 Å². The molecule has 108 valence electrons. The van der Waals surface area contributed by atoms with Crippen LogP contribution in [0.5, 0.6) is 0 Å². The zero-order valence-corrected chi connectivity index (χ0v) is 10.8. The molecule has 5 nitrogen and oxygen atoms in total. The summed E-state index contributed by atoms with van der Waals surface area (Å²) in [6, 6.07) is 0.962. The zero-order chi connectivity index (χ0) is 15.4. The highest BCUT2D eigenvalue weighted by atomic mass is 19.2. The van der Waals surface area contributed by atoms with Crippen LogP contribution in [0.15, 0.2) is 12.1 Å². The minimum atomic E-state index is -1.60. The summed E-state index contributed by atoms with van der Waals surface area (Å²) in [5.74, 6) is -7.63. The van der Waals surface area contributed by atoms with Gasteiger partial charge >= 0.3 is 11.9 Å². The van der Waals surface area contributed by atoms with Crippen LogP contribution in [0, 0.1) is 11.6 Å². The highest BCUT2D eigenvalue weighted by Gasteiger charge is 2.32. The first-order chi connectivity index (χ1) is 9.29. The molecule has 1 N–H and O–H groups in total. The Morgan fingerprint density at radius 3 is 2.25 bits per heavy atom. The third-order valence-electron chi connectivity index (χ3n) is 2.56. The van der Waals surface area contributed by atoms with Gasteiger partial charge in [0.05, 0.1) is 12.2 Å².